The van der Waals surface area contributed by atoms with Crippen molar-refractivity contribution in [3.8, 4) is 72.4 Å². The highest BCUT2D eigenvalue weighted by Gasteiger charge is 2.22. The molecule has 0 atom stereocenters. The minimum Gasteiger partial charge on any atom is -0.309 e. The van der Waals surface area contributed by atoms with E-state index in [2.05, 4.69) is 326 Å². The van der Waals surface area contributed by atoms with Crippen LogP contribution in [0.25, 0.3) is 199 Å². The Labute approximate surface area is 544 Å². The monoisotopic (exact) mass is 1210 g/mol. The Balaban J connectivity index is 0.759. The molecule has 0 aliphatic heterocycles. The van der Waals surface area contributed by atoms with E-state index in [1.165, 1.54) is 194 Å². The molecule has 0 saturated heterocycles. The second kappa shape index (κ2) is 20.5. The molecule has 17 aromatic carbocycles. The molecule has 0 N–H and O–H groups in total. The summed E-state index contributed by atoms with van der Waals surface area (Å²) in [4.78, 5) is 0. The van der Waals surface area contributed by atoms with E-state index in [1.807, 2.05) is 22.7 Å². The van der Waals surface area contributed by atoms with Crippen LogP contribution < -0.4 is 0 Å². The Kier molecular flexibility index (Phi) is 11.6. The summed E-state index contributed by atoms with van der Waals surface area (Å²) in [7, 11) is 0. The van der Waals surface area contributed by atoms with Gasteiger partial charge < -0.3 is 4.57 Å². The van der Waals surface area contributed by atoms with Crippen LogP contribution in [0.1, 0.15) is 0 Å². The molecule has 0 bridgehead atoms. The number of rotatable bonds is 7. The first kappa shape index (κ1) is 52.3. The normalized spacial score (nSPS) is 12.1. The molecule has 0 aliphatic carbocycles. The summed E-state index contributed by atoms with van der Waals surface area (Å²) in [5.41, 5.74) is 18.3. The molecule has 0 radical (unpaired) electrons. The van der Waals surface area contributed by atoms with Crippen LogP contribution in [0, 0.1) is 0 Å². The zero-order valence-electron chi connectivity index (χ0n) is 50.4. The van der Waals surface area contributed by atoms with Gasteiger partial charge in [0.15, 0.2) is 0 Å². The van der Waals surface area contributed by atoms with E-state index < -0.39 is 0 Å². The van der Waals surface area contributed by atoms with E-state index in [4.69, 9.17) is 0 Å². The third kappa shape index (κ3) is 8.04. The molecule has 3 heterocycles. The van der Waals surface area contributed by atoms with Gasteiger partial charge in [0.05, 0.1) is 11.0 Å². The van der Waals surface area contributed by atoms with Crippen molar-refractivity contribution in [1.82, 2.24) is 4.57 Å². The van der Waals surface area contributed by atoms with E-state index in [0.717, 1.165) is 5.69 Å². The minimum atomic E-state index is 1.12. The predicted octanol–water partition coefficient (Wildman–Crippen LogP) is 26.4. The highest BCUT2D eigenvalue weighted by molar-refractivity contribution is 7.27. The lowest BCUT2D eigenvalue weighted by molar-refractivity contribution is 1.18. The van der Waals surface area contributed by atoms with Gasteiger partial charge in [0.2, 0.25) is 0 Å². The predicted molar refractivity (Wildman–Crippen MR) is 404 cm³/mol. The lowest BCUT2D eigenvalue weighted by atomic mass is 9.86. The lowest BCUT2D eigenvalue weighted by Crippen LogP contribution is -1.95. The maximum Gasteiger partial charge on any atom is 0.0541 e. The zero-order chi connectivity index (χ0) is 60.8. The van der Waals surface area contributed by atoms with Crippen molar-refractivity contribution in [2.75, 3.05) is 0 Å². The molecule has 3 aromatic heterocycles. The number of hydrogen-bond donors (Lipinski definition) is 0. The first-order valence-electron chi connectivity index (χ1n) is 32.0. The molecule has 20 rings (SSSR count). The Morgan fingerprint density at radius 3 is 0.914 bits per heavy atom. The molecule has 20 aromatic rings. The summed E-state index contributed by atoms with van der Waals surface area (Å²) < 4.78 is 7.72. The Morgan fingerprint density at radius 1 is 0.183 bits per heavy atom. The summed E-state index contributed by atoms with van der Waals surface area (Å²) in [6.45, 7) is 0. The van der Waals surface area contributed by atoms with Crippen LogP contribution >= 0.6 is 22.7 Å². The Hall–Kier alpha value is -11.5. The van der Waals surface area contributed by atoms with Crippen LogP contribution in [0.3, 0.4) is 0 Å². The fraction of sp³-hybridized carbons (Fsp3) is 0. The number of thiophene rings is 2. The van der Waals surface area contributed by atoms with E-state index in [1.54, 1.807) is 0 Å². The topological polar surface area (TPSA) is 4.93 Å². The van der Waals surface area contributed by atoms with Gasteiger partial charge >= 0.3 is 0 Å². The van der Waals surface area contributed by atoms with Crippen molar-refractivity contribution >= 4 is 149 Å². The standard InChI is InChI=1S/C90H53NS2/c1-2-18-56(19-3-1)85-73-22-8-10-24-75(73)86(76-25-11-9-23-74(76)85)57-38-44-64(45-39-57)91-83-48-42-62(71-28-14-32-79-77-30-12-26-69(87(77)92-89(71)79)60-40-46-67-58(50-60)36-34-54-16-4-6-20-65(54)67)52-81(83)82-53-63(43-49-84(82)91)72-29-15-33-80-78-31-13-27-70(88(78)93-90(72)80)61-41-47-68-59(51-61)37-35-55-17-5-7-21-66(55)68/h1-53H. The summed E-state index contributed by atoms with van der Waals surface area (Å²) in [5.74, 6) is 0. The molecule has 3 heteroatoms. The van der Waals surface area contributed by atoms with Crippen molar-refractivity contribution in [2.45, 2.75) is 0 Å². The summed E-state index contributed by atoms with van der Waals surface area (Å²) in [6.07, 6.45) is 0. The van der Waals surface area contributed by atoms with Gasteiger partial charge in [-0.2, -0.15) is 0 Å². The van der Waals surface area contributed by atoms with Crippen LogP contribution in [0.5, 0.6) is 0 Å². The number of hydrogen-bond acceptors (Lipinski definition) is 2. The second-order valence-electron chi connectivity index (χ2n) is 24.9. The molecule has 0 aliphatic rings. The van der Waals surface area contributed by atoms with Gasteiger partial charge in [-0.25, -0.2) is 0 Å². The smallest absolute Gasteiger partial charge is 0.0541 e. The summed E-state index contributed by atoms with van der Waals surface area (Å²) >= 11 is 3.84. The highest BCUT2D eigenvalue weighted by Crippen LogP contribution is 2.50. The Morgan fingerprint density at radius 2 is 0.495 bits per heavy atom. The maximum atomic E-state index is 2.49. The fourth-order valence-electron chi connectivity index (χ4n) is 15.7. The van der Waals surface area contributed by atoms with Gasteiger partial charge in [0, 0.05) is 56.8 Å². The zero-order valence-corrected chi connectivity index (χ0v) is 52.0. The molecule has 0 spiro atoms. The molecule has 1 nitrogen and oxygen atoms in total. The fourth-order valence-corrected chi connectivity index (χ4v) is 18.4. The quantitative estimate of drug-likeness (QED) is 0.111. The average Bonchev–Trinajstić information content (AvgIpc) is 1.41. The van der Waals surface area contributed by atoms with E-state index in [-0.39, 0.29) is 0 Å². The first-order chi connectivity index (χ1) is 46.1. The van der Waals surface area contributed by atoms with Gasteiger partial charge in [0.25, 0.3) is 0 Å². The highest BCUT2D eigenvalue weighted by atomic mass is 32.1. The molecule has 0 fully saturated rings. The summed E-state index contributed by atoms with van der Waals surface area (Å²) in [6, 6.07) is 121. The van der Waals surface area contributed by atoms with Crippen LogP contribution in [0.4, 0.5) is 0 Å². The van der Waals surface area contributed by atoms with Crippen molar-refractivity contribution in [2.24, 2.45) is 0 Å². The average molecular weight is 1210 g/mol. The minimum absolute atomic E-state index is 1.12. The van der Waals surface area contributed by atoms with Gasteiger partial charge in [0.1, 0.15) is 0 Å². The van der Waals surface area contributed by atoms with Crippen LogP contribution in [-0.4, -0.2) is 4.57 Å². The molecular formula is C90H53NS2. The molecular weight excluding hydrogens is 1160 g/mol. The van der Waals surface area contributed by atoms with E-state index in [0.29, 0.717) is 0 Å². The third-order valence-electron chi connectivity index (χ3n) is 20.0. The van der Waals surface area contributed by atoms with Crippen molar-refractivity contribution < 1.29 is 0 Å². The van der Waals surface area contributed by atoms with Crippen LogP contribution in [0.2, 0.25) is 0 Å². The molecule has 0 saturated carbocycles. The first-order valence-corrected chi connectivity index (χ1v) is 33.7. The molecule has 0 amide bonds. The molecule has 430 valence electrons. The van der Waals surface area contributed by atoms with Crippen LogP contribution in [-0.2, 0) is 0 Å². The van der Waals surface area contributed by atoms with E-state index >= 15 is 0 Å². The van der Waals surface area contributed by atoms with Crippen LogP contribution in [0.15, 0.2) is 322 Å². The maximum absolute atomic E-state index is 2.49. The Bertz CT molecular complexity index is 6190. The number of nitrogens with zero attached hydrogens (tertiary/aromatic N) is 1. The van der Waals surface area contributed by atoms with Crippen molar-refractivity contribution in [3.05, 3.63) is 322 Å². The lowest BCUT2D eigenvalue weighted by Gasteiger charge is -2.18. The van der Waals surface area contributed by atoms with Crippen molar-refractivity contribution in [3.63, 3.8) is 0 Å². The molecule has 93 heavy (non-hydrogen) atoms. The van der Waals surface area contributed by atoms with Gasteiger partial charge in [-0.1, -0.05) is 273 Å². The largest absolute Gasteiger partial charge is 0.309 e. The second-order valence-corrected chi connectivity index (χ2v) is 27.0. The SMILES string of the molecule is c1ccc(-c2c3ccccc3c(-c3ccc(-n4c5ccc(-c6cccc7c6sc6c(-c8ccc9c(ccc%10ccccc%109)c8)cccc67)cc5c5cc(-c6cccc7c6sc6c(-c8ccc9c(ccc%10ccccc%109)c8)cccc67)ccc54)cc3)c3ccccc23)cc1. The van der Waals surface area contributed by atoms with Gasteiger partial charge in [-0.05, 0) is 180 Å². The van der Waals surface area contributed by atoms with Crippen molar-refractivity contribution in [1.29, 1.82) is 0 Å². The summed E-state index contributed by atoms with van der Waals surface area (Å²) in [5, 5.41) is 22.8. The number of benzene rings is 17. The van der Waals surface area contributed by atoms with Gasteiger partial charge in [-0.3, -0.25) is 0 Å². The number of fused-ring (bicyclic) bond motifs is 17. The van der Waals surface area contributed by atoms with E-state index in [9.17, 15) is 0 Å². The number of aromatic nitrogens is 1. The van der Waals surface area contributed by atoms with Gasteiger partial charge in [-0.15, -0.1) is 22.7 Å². The third-order valence-corrected chi connectivity index (χ3v) is 22.5. The molecule has 0 unspecified atom stereocenters.